The number of hydrogen-bond donors (Lipinski definition) is 1. The number of esters is 1. The van der Waals surface area contributed by atoms with E-state index in [1.54, 1.807) is 25.3 Å². The van der Waals surface area contributed by atoms with Crippen molar-refractivity contribution in [1.29, 1.82) is 0 Å². The second-order valence-electron chi connectivity index (χ2n) is 3.76. The fourth-order valence-corrected chi connectivity index (χ4v) is 1.31. The van der Waals surface area contributed by atoms with Crippen LogP contribution in [0.25, 0.3) is 0 Å². The molecule has 1 aromatic rings. The van der Waals surface area contributed by atoms with Crippen molar-refractivity contribution in [2.24, 2.45) is 5.73 Å². The van der Waals surface area contributed by atoms with Gasteiger partial charge in [0, 0.05) is 12.3 Å². The fraction of sp³-hybridized carbons (Fsp3) is 0.455. The van der Waals surface area contributed by atoms with Gasteiger partial charge in [-0.25, -0.2) is 4.98 Å². The Morgan fingerprint density at radius 1 is 1.50 bits per heavy atom. The van der Waals surface area contributed by atoms with Gasteiger partial charge in [-0.15, -0.1) is 0 Å². The molecule has 1 rings (SSSR count). The lowest BCUT2D eigenvalue weighted by atomic mass is 9.91. The molecule has 0 aliphatic heterocycles. The van der Waals surface area contributed by atoms with Gasteiger partial charge < -0.3 is 15.2 Å². The predicted molar refractivity (Wildman–Crippen MR) is 59.0 cm³/mol. The Morgan fingerprint density at radius 2 is 2.19 bits per heavy atom. The standard InChI is InChI=1S/C11H16N2O3/c1-11(12,6-10(14)16-3)8-4-5-9(15-2)13-7-8/h4-5,7H,6,12H2,1-3H3/t11-/m0/s1. The average molecular weight is 224 g/mol. The number of carbonyl (C=O) groups excluding carboxylic acids is 1. The van der Waals surface area contributed by atoms with E-state index in [0.29, 0.717) is 5.88 Å². The summed E-state index contributed by atoms with van der Waals surface area (Å²) in [7, 11) is 2.88. The summed E-state index contributed by atoms with van der Waals surface area (Å²) < 4.78 is 9.53. The van der Waals surface area contributed by atoms with E-state index in [1.807, 2.05) is 0 Å². The zero-order valence-corrected chi connectivity index (χ0v) is 9.69. The van der Waals surface area contributed by atoms with Gasteiger partial charge in [-0.2, -0.15) is 0 Å². The van der Waals surface area contributed by atoms with E-state index in [-0.39, 0.29) is 12.4 Å². The van der Waals surface area contributed by atoms with Gasteiger partial charge in [-0.1, -0.05) is 6.07 Å². The van der Waals surface area contributed by atoms with Crippen LogP contribution in [0, 0.1) is 0 Å². The molecule has 1 heterocycles. The molecule has 0 aromatic carbocycles. The van der Waals surface area contributed by atoms with Gasteiger partial charge in [0.25, 0.3) is 0 Å². The monoisotopic (exact) mass is 224 g/mol. The molecule has 0 unspecified atom stereocenters. The Kier molecular flexibility index (Phi) is 3.84. The van der Waals surface area contributed by atoms with Crippen LogP contribution in [-0.4, -0.2) is 25.2 Å². The van der Waals surface area contributed by atoms with E-state index < -0.39 is 5.54 Å². The molecule has 88 valence electrons. The van der Waals surface area contributed by atoms with Gasteiger partial charge in [0.05, 0.1) is 26.2 Å². The largest absolute Gasteiger partial charge is 0.481 e. The van der Waals surface area contributed by atoms with Crippen molar-refractivity contribution in [3.8, 4) is 5.88 Å². The Balaban J connectivity index is 2.84. The third kappa shape index (κ3) is 2.93. The third-order valence-corrected chi connectivity index (χ3v) is 2.34. The van der Waals surface area contributed by atoms with Crippen molar-refractivity contribution in [3.05, 3.63) is 23.9 Å². The molecule has 2 N–H and O–H groups in total. The van der Waals surface area contributed by atoms with Crippen molar-refractivity contribution < 1.29 is 14.3 Å². The van der Waals surface area contributed by atoms with Crippen LogP contribution in [0.4, 0.5) is 0 Å². The first kappa shape index (κ1) is 12.4. The highest BCUT2D eigenvalue weighted by molar-refractivity contribution is 5.71. The Hall–Kier alpha value is -1.62. The lowest BCUT2D eigenvalue weighted by molar-refractivity contribution is -0.141. The molecule has 0 saturated heterocycles. The molecule has 0 amide bonds. The zero-order valence-electron chi connectivity index (χ0n) is 9.69. The van der Waals surface area contributed by atoms with E-state index in [2.05, 4.69) is 9.72 Å². The van der Waals surface area contributed by atoms with E-state index in [1.165, 1.54) is 14.2 Å². The van der Waals surface area contributed by atoms with Crippen molar-refractivity contribution in [2.45, 2.75) is 18.9 Å². The quantitative estimate of drug-likeness (QED) is 0.767. The van der Waals surface area contributed by atoms with Crippen LogP contribution in [0.1, 0.15) is 18.9 Å². The molecular formula is C11H16N2O3. The highest BCUT2D eigenvalue weighted by Crippen LogP contribution is 2.22. The molecule has 0 saturated carbocycles. The minimum Gasteiger partial charge on any atom is -0.481 e. The summed E-state index contributed by atoms with van der Waals surface area (Å²) in [5.41, 5.74) is 6.00. The number of ether oxygens (including phenoxy) is 2. The fourth-order valence-electron chi connectivity index (χ4n) is 1.31. The first-order valence-electron chi connectivity index (χ1n) is 4.86. The van der Waals surface area contributed by atoms with Crippen LogP contribution in [0.3, 0.4) is 0 Å². The minimum absolute atomic E-state index is 0.109. The second kappa shape index (κ2) is 4.94. The van der Waals surface area contributed by atoms with Gasteiger partial charge in [0.15, 0.2) is 0 Å². The van der Waals surface area contributed by atoms with Crippen LogP contribution in [0.2, 0.25) is 0 Å². The zero-order chi connectivity index (χ0) is 12.2. The van der Waals surface area contributed by atoms with E-state index in [9.17, 15) is 4.79 Å². The van der Waals surface area contributed by atoms with Crippen LogP contribution in [0.15, 0.2) is 18.3 Å². The van der Waals surface area contributed by atoms with Crippen LogP contribution in [0.5, 0.6) is 5.88 Å². The van der Waals surface area contributed by atoms with Gasteiger partial charge in [0.2, 0.25) is 5.88 Å². The van der Waals surface area contributed by atoms with Crippen molar-refractivity contribution in [2.75, 3.05) is 14.2 Å². The van der Waals surface area contributed by atoms with Crippen LogP contribution in [-0.2, 0) is 15.1 Å². The normalized spacial score (nSPS) is 14.0. The number of hydrogen-bond acceptors (Lipinski definition) is 5. The first-order chi connectivity index (χ1) is 7.49. The molecule has 0 aliphatic rings. The Morgan fingerprint density at radius 3 is 2.62 bits per heavy atom. The van der Waals surface area contributed by atoms with Crippen molar-refractivity contribution in [3.63, 3.8) is 0 Å². The van der Waals surface area contributed by atoms with Gasteiger partial charge in [0.1, 0.15) is 0 Å². The molecule has 5 heteroatoms. The molecule has 1 atom stereocenters. The Bertz CT molecular complexity index is 360. The smallest absolute Gasteiger partial charge is 0.307 e. The molecule has 0 bridgehead atoms. The van der Waals surface area contributed by atoms with E-state index in [0.717, 1.165) is 5.56 Å². The predicted octanol–water partition coefficient (Wildman–Crippen LogP) is 0.827. The lowest BCUT2D eigenvalue weighted by Crippen LogP contribution is -2.36. The average Bonchev–Trinajstić information content (AvgIpc) is 2.28. The highest BCUT2D eigenvalue weighted by atomic mass is 16.5. The summed E-state index contributed by atoms with van der Waals surface area (Å²) in [6.45, 7) is 1.76. The maximum Gasteiger partial charge on any atom is 0.307 e. The summed E-state index contributed by atoms with van der Waals surface area (Å²) >= 11 is 0. The number of aromatic nitrogens is 1. The molecule has 0 aliphatic carbocycles. The lowest BCUT2D eigenvalue weighted by Gasteiger charge is -2.23. The Labute approximate surface area is 94.6 Å². The van der Waals surface area contributed by atoms with Gasteiger partial charge in [-0.05, 0) is 12.5 Å². The molecule has 16 heavy (non-hydrogen) atoms. The number of rotatable bonds is 4. The summed E-state index contributed by atoms with van der Waals surface area (Å²) in [5, 5.41) is 0. The minimum atomic E-state index is -0.785. The van der Waals surface area contributed by atoms with Crippen molar-refractivity contribution in [1.82, 2.24) is 4.98 Å². The number of methoxy groups -OCH3 is 2. The van der Waals surface area contributed by atoms with E-state index >= 15 is 0 Å². The van der Waals surface area contributed by atoms with Crippen LogP contribution < -0.4 is 10.5 Å². The molecule has 1 aromatic heterocycles. The summed E-state index contributed by atoms with van der Waals surface area (Å²) in [5.74, 6) is 0.165. The maximum atomic E-state index is 11.2. The molecular weight excluding hydrogens is 208 g/mol. The molecule has 0 fully saturated rings. The summed E-state index contributed by atoms with van der Waals surface area (Å²) in [6.07, 6.45) is 1.71. The SMILES string of the molecule is COC(=O)C[C@](C)(N)c1ccc(OC)nc1. The summed E-state index contributed by atoms with van der Waals surface area (Å²) in [4.78, 5) is 15.2. The number of carbonyl (C=O) groups is 1. The van der Waals surface area contributed by atoms with Gasteiger partial charge in [-0.3, -0.25) is 4.79 Å². The van der Waals surface area contributed by atoms with Crippen LogP contribution >= 0.6 is 0 Å². The second-order valence-corrected chi connectivity index (χ2v) is 3.76. The first-order valence-corrected chi connectivity index (χ1v) is 4.86. The van der Waals surface area contributed by atoms with Gasteiger partial charge >= 0.3 is 5.97 Å². The summed E-state index contributed by atoms with van der Waals surface area (Å²) in [6, 6.07) is 3.49. The van der Waals surface area contributed by atoms with Crippen molar-refractivity contribution >= 4 is 5.97 Å². The molecule has 0 radical (unpaired) electrons. The number of nitrogens with zero attached hydrogens (tertiary/aromatic N) is 1. The van der Waals surface area contributed by atoms with E-state index in [4.69, 9.17) is 10.5 Å². The molecule has 0 spiro atoms. The topological polar surface area (TPSA) is 74.4 Å². The molecule has 5 nitrogen and oxygen atoms in total. The third-order valence-electron chi connectivity index (χ3n) is 2.34. The maximum absolute atomic E-state index is 11.2. The highest BCUT2D eigenvalue weighted by Gasteiger charge is 2.25. The number of nitrogens with two attached hydrogens (primary N) is 1. The number of pyridine rings is 1.